The molecule has 2 atom stereocenters. The molecule has 3 aliphatic rings. The summed E-state index contributed by atoms with van der Waals surface area (Å²) in [6.07, 6.45) is 11.0. The molecular formula is C14H25NO. The molecule has 92 valence electrons. The summed E-state index contributed by atoms with van der Waals surface area (Å²) in [5, 5.41) is 3.62. The van der Waals surface area contributed by atoms with Crippen LogP contribution in [0.4, 0.5) is 0 Å². The van der Waals surface area contributed by atoms with Crippen molar-refractivity contribution in [3.63, 3.8) is 0 Å². The average Bonchev–Trinajstić information content (AvgIpc) is 2.56. The van der Waals surface area contributed by atoms with Gasteiger partial charge in [-0.3, -0.25) is 0 Å². The second-order valence-corrected chi connectivity index (χ2v) is 6.10. The summed E-state index contributed by atoms with van der Waals surface area (Å²) in [5.74, 6) is 1.88. The Hall–Kier alpha value is -0.0800. The zero-order valence-electron chi connectivity index (χ0n) is 10.3. The number of nitrogens with one attached hydrogen (secondary N) is 1. The van der Waals surface area contributed by atoms with E-state index in [2.05, 4.69) is 5.32 Å². The highest BCUT2D eigenvalue weighted by Crippen LogP contribution is 2.46. The third-order valence-corrected chi connectivity index (χ3v) is 5.05. The van der Waals surface area contributed by atoms with Crippen molar-refractivity contribution >= 4 is 0 Å². The van der Waals surface area contributed by atoms with Crippen molar-refractivity contribution in [1.29, 1.82) is 0 Å². The van der Waals surface area contributed by atoms with Gasteiger partial charge < -0.3 is 10.1 Å². The van der Waals surface area contributed by atoms with E-state index in [1.807, 2.05) is 0 Å². The maximum absolute atomic E-state index is 6.03. The van der Waals surface area contributed by atoms with Crippen molar-refractivity contribution in [2.75, 3.05) is 19.7 Å². The van der Waals surface area contributed by atoms with Gasteiger partial charge >= 0.3 is 0 Å². The van der Waals surface area contributed by atoms with E-state index < -0.39 is 0 Å². The van der Waals surface area contributed by atoms with Crippen molar-refractivity contribution in [3.05, 3.63) is 0 Å². The van der Waals surface area contributed by atoms with Gasteiger partial charge in [-0.2, -0.15) is 0 Å². The van der Waals surface area contributed by atoms with Crippen LogP contribution in [-0.4, -0.2) is 25.3 Å². The summed E-state index contributed by atoms with van der Waals surface area (Å²) >= 11 is 0. The SMILES string of the molecule is C1CCC(C2CCOC3(CCC3)C2)CNC1. The first kappa shape index (κ1) is 11.0. The third-order valence-electron chi connectivity index (χ3n) is 5.05. The Labute approximate surface area is 99.1 Å². The predicted molar refractivity (Wildman–Crippen MR) is 65.5 cm³/mol. The first-order valence-electron chi connectivity index (χ1n) is 7.23. The minimum Gasteiger partial charge on any atom is -0.375 e. The molecule has 0 bridgehead atoms. The summed E-state index contributed by atoms with van der Waals surface area (Å²) in [7, 11) is 0. The molecule has 1 saturated carbocycles. The summed E-state index contributed by atoms with van der Waals surface area (Å²) in [4.78, 5) is 0. The van der Waals surface area contributed by atoms with Crippen molar-refractivity contribution in [1.82, 2.24) is 5.32 Å². The second kappa shape index (κ2) is 4.66. The topological polar surface area (TPSA) is 21.3 Å². The molecule has 2 saturated heterocycles. The molecule has 0 aromatic heterocycles. The summed E-state index contributed by atoms with van der Waals surface area (Å²) in [5.41, 5.74) is 0.342. The highest BCUT2D eigenvalue weighted by atomic mass is 16.5. The minimum atomic E-state index is 0.342. The number of hydrogen-bond acceptors (Lipinski definition) is 2. The van der Waals surface area contributed by atoms with Gasteiger partial charge in [-0.05, 0) is 69.9 Å². The van der Waals surface area contributed by atoms with Crippen LogP contribution >= 0.6 is 0 Å². The van der Waals surface area contributed by atoms with Gasteiger partial charge in [-0.15, -0.1) is 0 Å². The molecular weight excluding hydrogens is 198 g/mol. The number of ether oxygens (including phenoxy) is 1. The predicted octanol–water partition coefficient (Wildman–Crippen LogP) is 2.73. The first-order valence-corrected chi connectivity index (χ1v) is 7.23. The summed E-state index contributed by atoms with van der Waals surface area (Å²) in [6, 6.07) is 0. The summed E-state index contributed by atoms with van der Waals surface area (Å²) < 4.78 is 6.03. The largest absolute Gasteiger partial charge is 0.375 e. The van der Waals surface area contributed by atoms with Crippen LogP contribution in [0.1, 0.15) is 51.4 Å². The van der Waals surface area contributed by atoms with Gasteiger partial charge in [-0.25, -0.2) is 0 Å². The molecule has 16 heavy (non-hydrogen) atoms. The van der Waals surface area contributed by atoms with E-state index in [4.69, 9.17) is 4.74 Å². The summed E-state index contributed by atoms with van der Waals surface area (Å²) in [6.45, 7) is 3.53. The van der Waals surface area contributed by atoms with Gasteiger partial charge in [0.05, 0.1) is 5.60 Å². The lowest BCUT2D eigenvalue weighted by atomic mass is 9.68. The van der Waals surface area contributed by atoms with Gasteiger partial charge in [0.2, 0.25) is 0 Å². The Balaban J connectivity index is 1.60. The lowest BCUT2D eigenvalue weighted by molar-refractivity contribution is -0.150. The van der Waals surface area contributed by atoms with E-state index in [1.165, 1.54) is 64.5 Å². The van der Waals surface area contributed by atoms with E-state index in [9.17, 15) is 0 Å². The maximum atomic E-state index is 6.03. The molecule has 2 heteroatoms. The fourth-order valence-electron chi connectivity index (χ4n) is 3.84. The Kier molecular flexibility index (Phi) is 3.21. The standard InChI is InChI=1S/C14H25NO/c1-2-8-15-11-13(4-1)12-5-9-16-14(10-12)6-3-7-14/h12-13,15H,1-11H2. The van der Waals surface area contributed by atoms with Crippen LogP contribution < -0.4 is 5.32 Å². The van der Waals surface area contributed by atoms with Gasteiger partial charge in [0.15, 0.2) is 0 Å². The normalized spacial score (nSPS) is 39.0. The Morgan fingerprint density at radius 3 is 2.75 bits per heavy atom. The van der Waals surface area contributed by atoms with Crippen molar-refractivity contribution < 1.29 is 4.74 Å². The molecule has 2 aliphatic heterocycles. The number of rotatable bonds is 1. The Bertz CT molecular complexity index is 229. The van der Waals surface area contributed by atoms with E-state index in [1.54, 1.807) is 0 Å². The molecule has 0 aromatic carbocycles. The first-order chi connectivity index (χ1) is 7.88. The quantitative estimate of drug-likeness (QED) is 0.738. The van der Waals surface area contributed by atoms with Crippen LogP contribution in [0.5, 0.6) is 0 Å². The van der Waals surface area contributed by atoms with E-state index >= 15 is 0 Å². The third kappa shape index (κ3) is 2.14. The van der Waals surface area contributed by atoms with Gasteiger partial charge in [-0.1, -0.05) is 6.42 Å². The Morgan fingerprint density at radius 1 is 1.00 bits per heavy atom. The molecule has 1 spiro atoms. The van der Waals surface area contributed by atoms with Crippen molar-refractivity contribution in [2.45, 2.75) is 57.0 Å². The van der Waals surface area contributed by atoms with Crippen molar-refractivity contribution in [3.8, 4) is 0 Å². The molecule has 0 radical (unpaired) electrons. The van der Waals surface area contributed by atoms with Crippen LogP contribution in [-0.2, 0) is 4.74 Å². The lowest BCUT2D eigenvalue weighted by Gasteiger charge is -2.48. The van der Waals surface area contributed by atoms with E-state index in [-0.39, 0.29) is 0 Å². The fraction of sp³-hybridized carbons (Fsp3) is 1.00. The maximum Gasteiger partial charge on any atom is 0.0685 e. The fourth-order valence-corrected chi connectivity index (χ4v) is 3.84. The van der Waals surface area contributed by atoms with E-state index in [0.717, 1.165) is 18.4 Å². The molecule has 2 heterocycles. The van der Waals surface area contributed by atoms with Crippen LogP contribution in [0.25, 0.3) is 0 Å². The molecule has 3 rings (SSSR count). The monoisotopic (exact) mass is 223 g/mol. The Morgan fingerprint density at radius 2 is 1.94 bits per heavy atom. The molecule has 2 unspecified atom stereocenters. The average molecular weight is 223 g/mol. The molecule has 3 fully saturated rings. The molecule has 2 nitrogen and oxygen atoms in total. The molecule has 1 aliphatic carbocycles. The highest BCUT2D eigenvalue weighted by molar-refractivity contribution is 4.95. The van der Waals surface area contributed by atoms with Gasteiger partial charge in [0.1, 0.15) is 0 Å². The van der Waals surface area contributed by atoms with Crippen LogP contribution in [0.2, 0.25) is 0 Å². The van der Waals surface area contributed by atoms with Crippen LogP contribution in [0.3, 0.4) is 0 Å². The van der Waals surface area contributed by atoms with Crippen LogP contribution in [0.15, 0.2) is 0 Å². The van der Waals surface area contributed by atoms with E-state index in [0.29, 0.717) is 5.60 Å². The second-order valence-electron chi connectivity index (χ2n) is 6.10. The highest BCUT2D eigenvalue weighted by Gasteiger charge is 2.44. The molecule has 0 amide bonds. The van der Waals surface area contributed by atoms with Crippen molar-refractivity contribution in [2.24, 2.45) is 11.8 Å². The smallest absolute Gasteiger partial charge is 0.0685 e. The van der Waals surface area contributed by atoms with Crippen LogP contribution in [0, 0.1) is 11.8 Å². The molecule has 1 N–H and O–H groups in total. The van der Waals surface area contributed by atoms with Gasteiger partial charge in [0, 0.05) is 6.61 Å². The van der Waals surface area contributed by atoms with Gasteiger partial charge in [0.25, 0.3) is 0 Å². The number of hydrogen-bond donors (Lipinski definition) is 1. The lowest BCUT2D eigenvalue weighted by Crippen LogP contribution is -2.47. The zero-order valence-corrected chi connectivity index (χ0v) is 10.3. The zero-order chi connectivity index (χ0) is 10.8. The minimum absolute atomic E-state index is 0.342. The molecule has 0 aromatic rings.